The molecule has 0 fully saturated rings. The van der Waals surface area contributed by atoms with Crippen LogP contribution in [0.4, 0.5) is 5.69 Å². The zero-order valence-corrected chi connectivity index (χ0v) is 12.2. The van der Waals surface area contributed by atoms with Gasteiger partial charge in [-0.3, -0.25) is 14.9 Å². The molecule has 0 aliphatic heterocycles. The van der Waals surface area contributed by atoms with Gasteiger partial charge in [0.05, 0.1) is 18.5 Å². The van der Waals surface area contributed by atoms with E-state index in [-0.39, 0.29) is 29.4 Å². The lowest BCUT2D eigenvalue weighted by atomic mass is 10.1. The van der Waals surface area contributed by atoms with Crippen molar-refractivity contribution in [1.29, 1.82) is 5.26 Å². The lowest BCUT2D eigenvalue weighted by molar-refractivity contribution is -0.384. The van der Waals surface area contributed by atoms with Gasteiger partial charge in [0.2, 0.25) is 0 Å². The highest BCUT2D eigenvalue weighted by molar-refractivity contribution is 5.72. The third-order valence-corrected chi connectivity index (χ3v) is 3.02. The molecule has 0 bridgehead atoms. The number of hydrogen-bond acceptors (Lipinski definition) is 6. The number of carbonyl (C=O) groups is 1. The number of nitro groups is 1. The van der Waals surface area contributed by atoms with Gasteiger partial charge < -0.3 is 9.47 Å². The number of nitrogens with zero attached hydrogens (tertiary/aromatic N) is 2. The van der Waals surface area contributed by atoms with Crippen molar-refractivity contribution >= 4 is 11.7 Å². The number of methoxy groups -OCH3 is 1. The molecule has 0 radical (unpaired) electrons. The summed E-state index contributed by atoms with van der Waals surface area (Å²) in [5, 5.41) is 19.8. The fourth-order valence-electron chi connectivity index (χ4n) is 1.85. The van der Waals surface area contributed by atoms with Crippen molar-refractivity contribution < 1.29 is 19.2 Å². The number of rotatable bonds is 5. The standard InChI is InChI=1S/C16H12N2O5/c1-22-16(19)8-11-2-5-14(6-3-11)23-15-7-4-13(18(20)21)9-12(15)10-17/h2-7,9H,8H2,1H3. The summed E-state index contributed by atoms with van der Waals surface area (Å²) in [5.74, 6) is 0.323. The zero-order valence-electron chi connectivity index (χ0n) is 12.2. The van der Waals surface area contributed by atoms with Crippen molar-refractivity contribution in [2.45, 2.75) is 6.42 Å². The van der Waals surface area contributed by atoms with Gasteiger partial charge in [0.15, 0.2) is 0 Å². The molecule has 0 unspecified atom stereocenters. The average molecular weight is 312 g/mol. The van der Waals surface area contributed by atoms with Crippen LogP contribution < -0.4 is 4.74 Å². The third-order valence-electron chi connectivity index (χ3n) is 3.02. The molecule has 7 nitrogen and oxygen atoms in total. The smallest absolute Gasteiger partial charge is 0.309 e. The Morgan fingerprint density at radius 3 is 2.52 bits per heavy atom. The molecule has 0 amide bonds. The minimum absolute atomic E-state index is 0.0674. The Labute approximate surface area is 131 Å². The number of hydrogen-bond donors (Lipinski definition) is 0. The fraction of sp³-hybridized carbons (Fsp3) is 0.125. The highest BCUT2D eigenvalue weighted by Crippen LogP contribution is 2.28. The van der Waals surface area contributed by atoms with E-state index in [1.165, 1.54) is 19.2 Å². The minimum Gasteiger partial charge on any atom is -0.469 e. The van der Waals surface area contributed by atoms with Crippen LogP contribution in [0.15, 0.2) is 42.5 Å². The molecule has 2 aromatic carbocycles. The van der Waals surface area contributed by atoms with Crippen LogP contribution in [-0.4, -0.2) is 18.0 Å². The molecule has 0 spiro atoms. The number of ether oxygens (including phenoxy) is 2. The van der Waals surface area contributed by atoms with Gasteiger partial charge in [0, 0.05) is 12.1 Å². The predicted octanol–water partition coefficient (Wildman–Crippen LogP) is 2.97. The molecule has 0 atom stereocenters. The Kier molecular flexibility index (Phi) is 4.89. The number of non-ortho nitro benzene ring substituents is 1. The van der Waals surface area contributed by atoms with Crippen molar-refractivity contribution in [3.8, 4) is 17.6 Å². The van der Waals surface area contributed by atoms with E-state index in [9.17, 15) is 14.9 Å². The molecule has 23 heavy (non-hydrogen) atoms. The Hall–Kier alpha value is -3.40. The SMILES string of the molecule is COC(=O)Cc1ccc(Oc2ccc([N+](=O)[O-])cc2C#N)cc1. The van der Waals surface area contributed by atoms with Crippen molar-refractivity contribution in [3.05, 3.63) is 63.7 Å². The first-order valence-corrected chi connectivity index (χ1v) is 6.55. The first-order chi connectivity index (χ1) is 11.0. The minimum atomic E-state index is -0.577. The molecular weight excluding hydrogens is 300 g/mol. The number of benzene rings is 2. The summed E-state index contributed by atoms with van der Waals surface area (Å²) in [6, 6.07) is 12.3. The lowest BCUT2D eigenvalue weighted by Crippen LogP contribution is -2.04. The normalized spacial score (nSPS) is 9.74. The Bertz CT molecular complexity index is 778. The van der Waals surface area contributed by atoms with Crippen LogP contribution in [-0.2, 0) is 16.0 Å². The molecule has 0 saturated carbocycles. The quantitative estimate of drug-likeness (QED) is 0.477. The van der Waals surface area contributed by atoms with Gasteiger partial charge in [0.1, 0.15) is 23.1 Å². The van der Waals surface area contributed by atoms with Gasteiger partial charge in [-0.25, -0.2) is 0 Å². The summed E-state index contributed by atoms with van der Waals surface area (Å²) in [4.78, 5) is 21.3. The summed E-state index contributed by atoms with van der Waals surface area (Å²) < 4.78 is 10.1. The van der Waals surface area contributed by atoms with Crippen LogP contribution in [0.5, 0.6) is 11.5 Å². The van der Waals surface area contributed by atoms with E-state index in [1.54, 1.807) is 24.3 Å². The maximum atomic E-state index is 11.2. The first kappa shape index (κ1) is 16.0. The van der Waals surface area contributed by atoms with E-state index in [0.717, 1.165) is 11.6 Å². The van der Waals surface area contributed by atoms with Gasteiger partial charge in [0.25, 0.3) is 5.69 Å². The second-order valence-electron chi connectivity index (χ2n) is 4.55. The maximum absolute atomic E-state index is 11.2. The van der Waals surface area contributed by atoms with E-state index < -0.39 is 4.92 Å². The maximum Gasteiger partial charge on any atom is 0.309 e. The summed E-state index contributed by atoms with van der Waals surface area (Å²) in [5.41, 5.74) is 0.647. The monoisotopic (exact) mass is 312 g/mol. The predicted molar refractivity (Wildman–Crippen MR) is 80.0 cm³/mol. The molecule has 0 N–H and O–H groups in total. The third kappa shape index (κ3) is 4.04. The number of esters is 1. The van der Waals surface area contributed by atoms with Crippen LogP contribution in [0.3, 0.4) is 0 Å². The van der Waals surface area contributed by atoms with E-state index in [0.29, 0.717) is 5.75 Å². The van der Waals surface area contributed by atoms with Crippen LogP contribution >= 0.6 is 0 Å². The Morgan fingerprint density at radius 2 is 1.96 bits per heavy atom. The first-order valence-electron chi connectivity index (χ1n) is 6.55. The zero-order chi connectivity index (χ0) is 16.8. The number of carbonyl (C=O) groups excluding carboxylic acids is 1. The molecule has 7 heteroatoms. The molecule has 0 saturated heterocycles. The molecule has 0 heterocycles. The highest BCUT2D eigenvalue weighted by atomic mass is 16.6. The summed E-state index contributed by atoms with van der Waals surface area (Å²) >= 11 is 0. The Balaban J connectivity index is 2.18. The lowest BCUT2D eigenvalue weighted by Gasteiger charge is -2.08. The van der Waals surface area contributed by atoms with Crippen molar-refractivity contribution in [3.63, 3.8) is 0 Å². The Morgan fingerprint density at radius 1 is 1.26 bits per heavy atom. The van der Waals surface area contributed by atoms with Crippen LogP contribution in [0.1, 0.15) is 11.1 Å². The van der Waals surface area contributed by atoms with Crippen LogP contribution in [0, 0.1) is 21.4 Å². The number of nitro benzene ring substituents is 1. The van der Waals surface area contributed by atoms with E-state index in [2.05, 4.69) is 4.74 Å². The molecule has 0 aliphatic carbocycles. The van der Waals surface area contributed by atoms with E-state index >= 15 is 0 Å². The van der Waals surface area contributed by atoms with Crippen molar-refractivity contribution in [2.24, 2.45) is 0 Å². The van der Waals surface area contributed by atoms with Gasteiger partial charge in [-0.05, 0) is 23.8 Å². The highest BCUT2D eigenvalue weighted by Gasteiger charge is 2.12. The summed E-state index contributed by atoms with van der Waals surface area (Å²) in [6.45, 7) is 0. The molecule has 0 aliphatic rings. The van der Waals surface area contributed by atoms with Gasteiger partial charge >= 0.3 is 5.97 Å². The largest absolute Gasteiger partial charge is 0.469 e. The van der Waals surface area contributed by atoms with Gasteiger partial charge in [-0.2, -0.15) is 5.26 Å². The van der Waals surface area contributed by atoms with Gasteiger partial charge in [-0.15, -0.1) is 0 Å². The molecule has 2 aromatic rings. The average Bonchev–Trinajstić information content (AvgIpc) is 2.56. The van der Waals surface area contributed by atoms with E-state index in [4.69, 9.17) is 10.00 Å². The van der Waals surface area contributed by atoms with Crippen molar-refractivity contribution in [1.82, 2.24) is 0 Å². The van der Waals surface area contributed by atoms with Crippen LogP contribution in [0.2, 0.25) is 0 Å². The van der Waals surface area contributed by atoms with E-state index in [1.807, 2.05) is 6.07 Å². The molecule has 2 rings (SSSR count). The number of nitriles is 1. The topological polar surface area (TPSA) is 102 Å². The molecule has 0 aromatic heterocycles. The summed E-state index contributed by atoms with van der Waals surface area (Å²) in [7, 11) is 1.32. The van der Waals surface area contributed by atoms with Crippen molar-refractivity contribution in [2.75, 3.05) is 7.11 Å². The fourth-order valence-corrected chi connectivity index (χ4v) is 1.85. The second-order valence-corrected chi connectivity index (χ2v) is 4.55. The molecule has 116 valence electrons. The summed E-state index contributed by atoms with van der Waals surface area (Å²) in [6.07, 6.45) is 0.151. The molecular formula is C16H12N2O5. The van der Waals surface area contributed by atoms with Crippen LogP contribution in [0.25, 0.3) is 0 Å². The van der Waals surface area contributed by atoms with Gasteiger partial charge in [-0.1, -0.05) is 12.1 Å². The second kappa shape index (κ2) is 7.04.